The fourth-order valence-electron chi connectivity index (χ4n) is 4.83. The van der Waals surface area contributed by atoms with Gasteiger partial charge in [-0.05, 0) is 38.9 Å². The first-order chi connectivity index (χ1) is 14.0. The second-order valence-electron chi connectivity index (χ2n) is 7.90. The Balaban J connectivity index is 0.000000755. The number of carboxylic acid groups (broad SMARTS) is 1. The first-order valence-electron chi connectivity index (χ1n) is 10.1. The van der Waals surface area contributed by atoms with Crippen molar-refractivity contribution in [2.24, 2.45) is 5.41 Å². The van der Waals surface area contributed by atoms with Gasteiger partial charge in [-0.15, -0.1) is 0 Å². The lowest BCUT2D eigenvalue weighted by Crippen LogP contribution is -2.67. The maximum Gasteiger partial charge on any atom is 0.290 e. The third-order valence-electron chi connectivity index (χ3n) is 6.29. The number of nitrogens with one attached hydrogen (secondary N) is 1. The highest BCUT2D eigenvalue weighted by atomic mass is 16.5. The highest BCUT2D eigenvalue weighted by Crippen LogP contribution is 2.44. The number of ether oxygens (including phenoxy) is 1. The maximum absolute atomic E-state index is 13.6. The van der Waals surface area contributed by atoms with Gasteiger partial charge in [0.15, 0.2) is 0 Å². The molecule has 9 heteroatoms. The van der Waals surface area contributed by atoms with E-state index in [1.165, 1.54) is 0 Å². The van der Waals surface area contributed by atoms with E-state index in [0.717, 1.165) is 38.9 Å². The summed E-state index contributed by atoms with van der Waals surface area (Å²) in [5.41, 5.74) is 0.224. The number of nitrogens with zero attached hydrogens (tertiary/aromatic N) is 3. The van der Waals surface area contributed by atoms with Gasteiger partial charge < -0.3 is 29.5 Å². The summed E-state index contributed by atoms with van der Waals surface area (Å²) in [5.74, 6) is 0.260. The van der Waals surface area contributed by atoms with E-state index in [2.05, 4.69) is 16.9 Å². The second-order valence-corrected chi connectivity index (χ2v) is 7.90. The van der Waals surface area contributed by atoms with Crippen molar-refractivity contribution in [2.75, 3.05) is 53.0 Å². The zero-order chi connectivity index (χ0) is 20.9. The SMILES string of the molecule is CN1CC[C@]2(C(=O)N3CCOCC3)CCCN(C(=O)c3cc[nH]c3)[C@H]2C1.O=CO. The highest BCUT2D eigenvalue weighted by molar-refractivity contribution is 5.95. The normalized spacial score (nSPS) is 27.4. The number of hydrogen-bond acceptors (Lipinski definition) is 5. The summed E-state index contributed by atoms with van der Waals surface area (Å²) in [7, 11) is 2.08. The van der Waals surface area contributed by atoms with Crippen LogP contribution < -0.4 is 0 Å². The molecule has 0 aromatic carbocycles. The molecule has 1 aromatic rings. The Morgan fingerprint density at radius 3 is 2.62 bits per heavy atom. The standard InChI is InChI=1S/C19H28N4O3.CH2O2/c1-21-8-5-19(18(25)22-9-11-26-12-10-22)4-2-7-23(16(19)14-21)17(24)15-3-6-20-13-15;2-1-3/h3,6,13,16,20H,2,4-5,7-12,14H2,1H3;1H,(H,2,3)/t16-,19+;/m0./s1. The molecule has 3 aliphatic heterocycles. The molecule has 160 valence electrons. The number of hydrogen-bond donors (Lipinski definition) is 2. The van der Waals surface area contributed by atoms with Crippen LogP contribution in [0.4, 0.5) is 0 Å². The number of rotatable bonds is 2. The molecule has 0 radical (unpaired) electrons. The van der Waals surface area contributed by atoms with E-state index in [0.29, 0.717) is 31.9 Å². The fraction of sp³-hybridized carbons (Fsp3) is 0.650. The lowest BCUT2D eigenvalue weighted by Gasteiger charge is -2.54. The quantitative estimate of drug-likeness (QED) is 0.693. The minimum Gasteiger partial charge on any atom is -0.483 e. The predicted molar refractivity (Wildman–Crippen MR) is 105 cm³/mol. The Morgan fingerprint density at radius 2 is 1.97 bits per heavy atom. The average molecular weight is 406 g/mol. The Kier molecular flexibility index (Phi) is 6.92. The maximum atomic E-state index is 13.6. The van der Waals surface area contributed by atoms with Gasteiger partial charge in [-0.1, -0.05) is 0 Å². The molecule has 0 spiro atoms. The molecule has 3 saturated heterocycles. The molecular weight excluding hydrogens is 376 g/mol. The van der Waals surface area contributed by atoms with Crippen molar-refractivity contribution in [1.82, 2.24) is 19.7 Å². The monoisotopic (exact) mass is 406 g/mol. The van der Waals surface area contributed by atoms with Crippen LogP contribution in [0.5, 0.6) is 0 Å². The summed E-state index contributed by atoms with van der Waals surface area (Å²) in [6.45, 7) is 4.67. The van der Waals surface area contributed by atoms with Gasteiger partial charge in [0.25, 0.3) is 12.4 Å². The van der Waals surface area contributed by atoms with Crippen molar-refractivity contribution in [3.8, 4) is 0 Å². The molecule has 0 bridgehead atoms. The van der Waals surface area contributed by atoms with E-state index in [-0.39, 0.29) is 24.3 Å². The molecule has 0 saturated carbocycles. The Bertz CT molecular complexity index is 704. The molecule has 29 heavy (non-hydrogen) atoms. The van der Waals surface area contributed by atoms with Crippen LogP contribution >= 0.6 is 0 Å². The van der Waals surface area contributed by atoms with Crippen molar-refractivity contribution in [1.29, 1.82) is 0 Å². The molecule has 2 amide bonds. The summed E-state index contributed by atoms with van der Waals surface area (Å²) >= 11 is 0. The highest BCUT2D eigenvalue weighted by Gasteiger charge is 2.54. The van der Waals surface area contributed by atoms with Crippen LogP contribution in [0.25, 0.3) is 0 Å². The minimum atomic E-state index is -0.450. The number of likely N-dealkylation sites (tertiary alicyclic amines) is 2. The van der Waals surface area contributed by atoms with E-state index in [4.69, 9.17) is 14.6 Å². The Hall–Kier alpha value is -2.39. The third kappa shape index (κ3) is 4.30. The first kappa shape index (κ1) is 21.3. The van der Waals surface area contributed by atoms with Gasteiger partial charge in [0, 0.05) is 38.6 Å². The Labute approximate surface area is 170 Å². The van der Waals surface area contributed by atoms with Crippen molar-refractivity contribution >= 4 is 18.3 Å². The average Bonchev–Trinajstić information content (AvgIpc) is 3.28. The number of aromatic nitrogens is 1. The van der Waals surface area contributed by atoms with Crippen LogP contribution in [0.1, 0.15) is 29.6 Å². The predicted octanol–water partition coefficient (Wildman–Crippen LogP) is 0.501. The smallest absolute Gasteiger partial charge is 0.290 e. The number of likely N-dealkylation sites (N-methyl/N-ethyl adjacent to an activating group) is 1. The zero-order valence-corrected chi connectivity index (χ0v) is 16.9. The minimum absolute atomic E-state index is 0.0328. The molecule has 1 aromatic heterocycles. The molecule has 0 aliphatic carbocycles. The third-order valence-corrected chi connectivity index (χ3v) is 6.29. The van der Waals surface area contributed by atoms with Crippen LogP contribution in [-0.2, 0) is 14.3 Å². The van der Waals surface area contributed by atoms with Gasteiger partial charge in [0.05, 0.1) is 30.2 Å². The van der Waals surface area contributed by atoms with Gasteiger partial charge in [-0.3, -0.25) is 14.4 Å². The number of piperidine rings is 2. The number of amides is 2. The summed E-state index contributed by atoms with van der Waals surface area (Å²) in [6.07, 6.45) is 6.09. The topological polar surface area (TPSA) is 106 Å². The molecule has 4 rings (SSSR count). The molecule has 2 N–H and O–H groups in total. The lowest BCUT2D eigenvalue weighted by molar-refractivity contribution is -0.157. The molecular formula is C20H30N4O5. The first-order valence-corrected chi connectivity index (χ1v) is 10.1. The molecule has 3 aliphatic rings. The number of carbonyl (C=O) groups is 3. The molecule has 2 atom stereocenters. The van der Waals surface area contributed by atoms with Gasteiger partial charge >= 0.3 is 0 Å². The van der Waals surface area contributed by atoms with Crippen LogP contribution in [0.15, 0.2) is 18.5 Å². The van der Waals surface area contributed by atoms with Crippen LogP contribution in [-0.4, -0.2) is 102 Å². The van der Waals surface area contributed by atoms with Gasteiger partial charge in [-0.25, -0.2) is 0 Å². The van der Waals surface area contributed by atoms with Crippen molar-refractivity contribution in [3.63, 3.8) is 0 Å². The molecule has 3 fully saturated rings. The summed E-state index contributed by atoms with van der Waals surface area (Å²) in [6, 6.07) is 1.75. The second kappa shape index (κ2) is 9.41. The molecule has 0 unspecified atom stereocenters. The summed E-state index contributed by atoms with van der Waals surface area (Å²) in [5, 5.41) is 6.89. The zero-order valence-electron chi connectivity index (χ0n) is 16.9. The van der Waals surface area contributed by atoms with E-state index in [1.54, 1.807) is 12.4 Å². The van der Waals surface area contributed by atoms with E-state index in [9.17, 15) is 9.59 Å². The van der Waals surface area contributed by atoms with Crippen LogP contribution in [0.2, 0.25) is 0 Å². The van der Waals surface area contributed by atoms with Gasteiger partial charge in [0.2, 0.25) is 5.91 Å². The Morgan fingerprint density at radius 1 is 1.24 bits per heavy atom. The largest absolute Gasteiger partial charge is 0.483 e. The number of aromatic amines is 1. The van der Waals surface area contributed by atoms with E-state index < -0.39 is 5.41 Å². The van der Waals surface area contributed by atoms with E-state index in [1.807, 2.05) is 15.9 Å². The van der Waals surface area contributed by atoms with Gasteiger partial charge in [-0.2, -0.15) is 0 Å². The summed E-state index contributed by atoms with van der Waals surface area (Å²) < 4.78 is 5.43. The fourth-order valence-corrected chi connectivity index (χ4v) is 4.83. The van der Waals surface area contributed by atoms with Crippen molar-refractivity contribution in [3.05, 3.63) is 24.0 Å². The number of fused-ring (bicyclic) bond motifs is 1. The van der Waals surface area contributed by atoms with Gasteiger partial charge in [0.1, 0.15) is 0 Å². The van der Waals surface area contributed by atoms with E-state index >= 15 is 0 Å². The number of carbonyl (C=O) groups excluding carboxylic acids is 2. The number of H-pyrrole nitrogens is 1. The molecule has 9 nitrogen and oxygen atoms in total. The van der Waals surface area contributed by atoms with Crippen LogP contribution in [0.3, 0.4) is 0 Å². The summed E-state index contributed by atoms with van der Waals surface area (Å²) in [4.78, 5) is 44.2. The lowest BCUT2D eigenvalue weighted by atomic mass is 9.67. The molecule has 4 heterocycles. The van der Waals surface area contributed by atoms with Crippen molar-refractivity contribution in [2.45, 2.75) is 25.3 Å². The van der Waals surface area contributed by atoms with Crippen LogP contribution in [0, 0.1) is 5.41 Å². The van der Waals surface area contributed by atoms with Crippen molar-refractivity contribution < 1.29 is 24.2 Å². The number of morpholine rings is 1.